The summed E-state index contributed by atoms with van der Waals surface area (Å²) < 4.78 is 1.89. The monoisotopic (exact) mass is 279 g/mol. The van der Waals surface area contributed by atoms with Crippen LogP contribution in [0.2, 0.25) is 0 Å². The Balaban J connectivity index is 2.08. The van der Waals surface area contributed by atoms with Crippen LogP contribution in [0.1, 0.15) is 10.4 Å². The summed E-state index contributed by atoms with van der Waals surface area (Å²) in [6.07, 6.45) is 3.70. The molecule has 21 heavy (non-hydrogen) atoms. The van der Waals surface area contributed by atoms with Crippen LogP contribution in [0.3, 0.4) is 0 Å². The van der Waals surface area contributed by atoms with E-state index in [9.17, 15) is 9.70 Å². The number of nitroso groups, excluding NO2 is 1. The number of hydrogen-bond donors (Lipinski definition) is 1. The summed E-state index contributed by atoms with van der Waals surface area (Å²) in [4.78, 5) is 22.3. The molecule has 0 unspecified atom stereocenters. The fraction of sp³-hybridized carbons (Fsp3) is 0.0625. The number of carbonyl (C=O) groups excluding carboxylic acids is 1. The molecule has 0 aliphatic rings. The molecule has 1 amide bonds. The van der Waals surface area contributed by atoms with Crippen molar-refractivity contribution in [2.24, 2.45) is 5.18 Å². The molecule has 2 aromatic heterocycles. The highest BCUT2D eigenvalue weighted by atomic mass is 16.3. The van der Waals surface area contributed by atoms with Gasteiger partial charge >= 0.3 is 0 Å². The minimum absolute atomic E-state index is 0.126. The molecular formula is C16H13N3O2. The van der Waals surface area contributed by atoms with E-state index in [2.05, 4.69) is 10.5 Å². The molecule has 5 nitrogen and oxygen atoms in total. The minimum Gasteiger partial charge on any atom is -0.355 e. The molecule has 0 aliphatic heterocycles. The van der Waals surface area contributed by atoms with E-state index < -0.39 is 0 Å². The Morgan fingerprint density at radius 1 is 1.10 bits per heavy atom. The van der Waals surface area contributed by atoms with E-state index in [4.69, 9.17) is 0 Å². The van der Waals surface area contributed by atoms with Gasteiger partial charge in [-0.05, 0) is 41.1 Å². The van der Waals surface area contributed by atoms with Gasteiger partial charge in [0.25, 0.3) is 5.91 Å². The molecule has 0 radical (unpaired) electrons. The summed E-state index contributed by atoms with van der Waals surface area (Å²) in [5.74, 6) is -0.126. The Labute approximate surface area is 121 Å². The first-order chi connectivity index (χ1) is 10.2. The summed E-state index contributed by atoms with van der Waals surface area (Å²) in [5, 5.41) is 5.55. The van der Waals surface area contributed by atoms with Crippen LogP contribution in [-0.2, 0) is 0 Å². The van der Waals surface area contributed by atoms with E-state index in [1.54, 1.807) is 37.5 Å². The van der Waals surface area contributed by atoms with Gasteiger partial charge in [0.1, 0.15) is 5.69 Å². The first-order valence-corrected chi connectivity index (χ1v) is 6.49. The van der Waals surface area contributed by atoms with Gasteiger partial charge in [0.15, 0.2) is 0 Å². The molecule has 2 heterocycles. The lowest BCUT2D eigenvalue weighted by molar-refractivity contribution is 0.0962. The number of nitrogens with one attached hydrogen (secondary N) is 1. The smallest absolute Gasteiger partial charge is 0.252 e. The molecule has 3 rings (SSSR count). The minimum atomic E-state index is -0.126. The molecule has 1 aromatic carbocycles. The third-order valence-electron chi connectivity index (χ3n) is 3.37. The fourth-order valence-electron chi connectivity index (χ4n) is 2.29. The highest BCUT2D eigenvalue weighted by Gasteiger charge is 2.07. The Morgan fingerprint density at radius 2 is 1.95 bits per heavy atom. The lowest BCUT2D eigenvalue weighted by Gasteiger charge is -2.00. The molecule has 0 spiro atoms. The third kappa shape index (κ3) is 2.41. The molecule has 0 atom stereocenters. The van der Waals surface area contributed by atoms with Gasteiger partial charge in [0, 0.05) is 30.5 Å². The molecular weight excluding hydrogens is 266 g/mol. The maximum Gasteiger partial charge on any atom is 0.252 e. The number of hydrogen-bond acceptors (Lipinski definition) is 3. The van der Waals surface area contributed by atoms with Crippen LogP contribution < -0.4 is 5.32 Å². The summed E-state index contributed by atoms with van der Waals surface area (Å²) in [7, 11) is 1.60. The van der Waals surface area contributed by atoms with Crippen LogP contribution in [0.25, 0.3) is 16.6 Å². The van der Waals surface area contributed by atoms with Crippen molar-refractivity contribution in [3.05, 3.63) is 65.3 Å². The van der Waals surface area contributed by atoms with Gasteiger partial charge in [-0.3, -0.25) is 4.79 Å². The van der Waals surface area contributed by atoms with Gasteiger partial charge in [-0.1, -0.05) is 12.1 Å². The Kier molecular flexibility index (Phi) is 3.23. The molecule has 5 heteroatoms. The molecule has 0 bridgehead atoms. The maximum atomic E-state index is 11.6. The van der Waals surface area contributed by atoms with Crippen LogP contribution in [-0.4, -0.2) is 17.4 Å². The number of carbonyl (C=O) groups is 1. The molecule has 0 saturated carbocycles. The maximum absolute atomic E-state index is 11.6. The Bertz CT molecular complexity index is 836. The van der Waals surface area contributed by atoms with Crippen LogP contribution in [0, 0.1) is 4.91 Å². The molecule has 104 valence electrons. The number of benzene rings is 1. The van der Waals surface area contributed by atoms with Gasteiger partial charge in [0.05, 0.1) is 5.56 Å². The molecule has 0 fully saturated rings. The van der Waals surface area contributed by atoms with Gasteiger partial charge in [0.2, 0.25) is 0 Å². The van der Waals surface area contributed by atoms with Crippen molar-refractivity contribution in [1.82, 2.24) is 9.72 Å². The summed E-state index contributed by atoms with van der Waals surface area (Å²) in [5.41, 5.74) is 3.85. The van der Waals surface area contributed by atoms with E-state index in [0.717, 1.165) is 16.6 Å². The van der Waals surface area contributed by atoms with Crippen molar-refractivity contribution in [1.29, 1.82) is 0 Å². The zero-order valence-corrected chi connectivity index (χ0v) is 11.4. The second-order valence-corrected chi connectivity index (χ2v) is 4.70. The lowest BCUT2D eigenvalue weighted by Crippen LogP contribution is -2.17. The average molecular weight is 279 g/mol. The molecule has 1 N–H and O–H groups in total. The first-order valence-electron chi connectivity index (χ1n) is 6.49. The van der Waals surface area contributed by atoms with E-state index in [-0.39, 0.29) is 5.91 Å². The SMILES string of the molecule is CNC(=O)c1ccc2cc(-c3cccc(N=O)c3)cn2c1. The van der Waals surface area contributed by atoms with E-state index in [1.807, 2.05) is 28.8 Å². The van der Waals surface area contributed by atoms with Crippen molar-refractivity contribution in [3.8, 4) is 11.1 Å². The molecule has 0 saturated heterocycles. The highest BCUT2D eigenvalue weighted by molar-refractivity contribution is 5.94. The second-order valence-electron chi connectivity index (χ2n) is 4.70. The number of rotatable bonds is 3. The van der Waals surface area contributed by atoms with E-state index in [0.29, 0.717) is 11.3 Å². The van der Waals surface area contributed by atoms with Gasteiger partial charge in [-0.25, -0.2) is 0 Å². The number of fused-ring (bicyclic) bond motifs is 1. The van der Waals surface area contributed by atoms with Gasteiger partial charge in [-0.15, -0.1) is 4.91 Å². The number of nitrogens with zero attached hydrogens (tertiary/aromatic N) is 2. The normalized spacial score (nSPS) is 10.5. The molecule has 0 aliphatic carbocycles. The number of pyridine rings is 1. The van der Waals surface area contributed by atoms with Gasteiger partial charge in [-0.2, -0.15) is 0 Å². The largest absolute Gasteiger partial charge is 0.355 e. The zero-order valence-electron chi connectivity index (χ0n) is 11.4. The van der Waals surface area contributed by atoms with Crippen molar-refractivity contribution in [2.45, 2.75) is 0 Å². The van der Waals surface area contributed by atoms with Gasteiger partial charge < -0.3 is 9.72 Å². The predicted octanol–water partition coefficient (Wildman–Crippen LogP) is 3.36. The molecule has 3 aromatic rings. The number of aromatic nitrogens is 1. The fourth-order valence-corrected chi connectivity index (χ4v) is 2.29. The highest BCUT2D eigenvalue weighted by Crippen LogP contribution is 2.26. The second kappa shape index (κ2) is 5.20. The average Bonchev–Trinajstić information content (AvgIpc) is 2.97. The van der Waals surface area contributed by atoms with Crippen LogP contribution in [0.15, 0.2) is 60.0 Å². The van der Waals surface area contributed by atoms with Crippen molar-refractivity contribution in [3.63, 3.8) is 0 Å². The van der Waals surface area contributed by atoms with Crippen molar-refractivity contribution >= 4 is 17.1 Å². The standard InChI is InChI=1S/C16H13N3O2/c1-17-16(20)12-5-6-15-8-13(10-19(15)9-12)11-3-2-4-14(7-11)18-21/h2-10H,1H3,(H,17,20). The number of amides is 1. The van der Waals surface area contributed by atoms with Crippen LogP contribution in [0.5, 0.6) is 0 Å². The van der Waals surface area contributed by atoms with Crippen molar-refractivity contribution < 1.29 is 4.79 Å². The quantitative estimate of drug-likeness (QED) is 0.747. The first kappa shape index (κ1) is 13.1. The topological polar surface area (TPSA) is 62.9 Å². The van der Waals surface area contributed by atoms with Crippen molar-refractivity contribution in [2.75, 3.05) is 7.05 Å². The zero-order chi connectivity index (χ0) is 14.8. The summed E-state index contributed by atoms with van der Waals surface area (Å²) in [6.45, 7) is 0. The van der Waals surface area contributed by atoms with E-state index >= 15 is 0 Å². The third-order valence-corrected chi connectivity index (χ3v) is 3.37. The lowest BCUT2D eigenvalue weighted by atomic mass is 10.1. The van der Waals surface area contributed by atoms with E-state index in [1.165, 1.54) is 0 Å². The Morgan fingerprint density at radius 3 is 2.71 bits per heavy atom. The van der Waals surface area contributed by atoms with Crippen LogP contribution >= 0.6 is 0 Å². The van der Waals surface area contributed by atoms with Crippen LogP contribution in [0.4, 0.5) is 5.69 Å². The predicted molar refractivity (Wildman–Crippen MR) is 81.7 cm³/mol. The summed E-state index contributed by atoms with van der Waals surface area (Å²) in [6, 6.07) is 12.8. The Hall–Kier alpha value is -2.95. The summed E-state index contributed by atoms with van der Waals surface area (Å²) >= 11 is 0.